The molecule has 0 saturated heterocycles. The Morgan fingerprint density at radius 2 is 2.29 bits per heavy atom. The van der Waals surface area contributed by atoms with E-state index in [2.05, 4.69) is 4.98 Å². The van der Waals surface area contributed by atoms with Crippen LogP contribution in [0.25, 0.3) is 0 Å². The van der Waals surface area contributed by atoms with Gasteiger partial charge in [0.2, 0.25) is 0 Å². The zero-order valence-electron chi connectivity index (χ0n) is 10.4. The molecule has 0 bridgehead atoms. The molecule has 1 rings (SSSR count). The molecule has 1 amide bonds. The first-order chi connectivity index (χ1) is 8.07. The molecule has 1 aromatic heterocycles. The first-order valence-corrected chi connectivity index (χ1v) is 5.51. The van der Waals surface area contributed by atoms with Crippen LogP contribution in [0.2, 0.25) is 0 Å². The monoisotopic (exact) mass is 238 g/mol. The number of nitrogens with zero attached hydrogens (tertiary/aromatic N) is 2. The minimum absolute atomic E-state index is 0.0269. The van der Waals surface area contributed by atoms with E-state index in [1.54, 1.807) is 18.1 Å². The van der Waals surface area contributed by atoms with Crippen molar-refractivity contribution in [3.05, 3.63) is 24.0 Å². The summed E-state index contributed by atoms with van der Waals surface area (Å²) in [7, 11) is 1.58. The Kier molecular flexibility index (Phi) is 4.90. The van der Waals surface area contributed by atoms with Crippen LogP contribution in [0.4, 0.5) is 0 Å². The van der Waals surface area contributed by atoms with Crippen LogP contribution in [-0.4, -0.2) is 47.2 Å². The Bertz CT molecular complexity index is 380. The fourth-order valence-electron chi connectivity index (χ4n) is 1.48. The van der Waals surface area contributed by atoms with Crippen LogP contribution in [0.15, 0.2) is 18.3 Å². The number of amides is 1. The number of rotatable bonds is 5. The van der Waals surface area contributed by atoms with E-state index < -0.39 is 0 Å². The third kappa shape index (κ3) is 3.42. The Labute approximate surface area is 101 Å². The van der Waals surface area contributed by atoms with Gasteiger partial charge in [-0.3, -0.25) is 4.79 Å². The molecule has 5 heteroatoms. The molecule has 0 saturated carbocycles. The van der Waals surface area contributed by atoms with Crippen molar-refractivity contribution in [1.29, 1.82) is 0 Å². The lowest BCUT2D eigenvalue weighted by Gasteiger charge is -2.26. The molecule has 0 aliphatic heterocycles. The van der Waals surface area contributed by atoms with E-state index in [1.807, 2.05) is 13.8 Å². The van der Waals surface area contributed by atoms with Gasteiger partial charge >= 0.3 is 0 Å². The maximum atomic E-state index is 12.2. The van der Waals surface area contributed by atoms with Gasteiger partial charge in [-0.2, -0.15) is 0 Å². The molecule has 17 heavy (non-hydrogen) atoms. The minimum Gasteiger partial charge on any atom is -0.505 e. The first kappa shape index (κ1) is 13.4. The standard InChI is InChI=1S/C12H18N2O3/c1-9(2)14(7-8-17-3)12(16)11-10(15)5-4-6-13-11/h4-6,9,15H,7-8H2,1-3H3. The third-order valence-corrected chi connectivity index (χ3v) is 2.41. The summed E-state index contributed by atoms with van der Waals surface area (Å²) in [6.07, 6.45) is 1.49. The summed E-state index contributed by atoms with van der Waals surface area (Å²) in [5.74, 6) is -0.379. The Hall–Kier alpha value is -1.62. The molecule has 0 fully saturated rings. The van der Waals surface area contributed by atoms with E-state index in [4.69, 9.17) is 4.74 Å². The van der Waals surface area contributed by atoms with E-state index in [0.29, 0.717) is 13.2 Å². The van der Waals surface area contributed by atoms with Crippen molar-refractivity contribution in [2.45, 2.75) is 19.9 Å². The summed E-state index contributed by atoms with van der Waals surface area (Å²) in [6, 6.07) is 3.06. The molecule has 0 aliphatic carbocycles. The van der Waals surface area contributed by atoms with Crippen LogP contribution in [0, 0.1) is 0 Å². The van der Waals surface area contributed by atoms with E-state index in [-0.39, 0.29) is 23.4 Å². The highest BCUT2D eigenvalue weighted by Gasteiger charge is 2.22. The number of carbonyl (C=O) groups is 1. The number of methoxy groups -OCH3 is 1. The van der Waals surface area contributed by atoms with Crippen LogP contribution in [0.5, 0.6) is 5.75 Å². The summed E-state index contributed by atoms with van der Waals surface area (Å²) in [5, 5.41) is 9.60. The van der Waals surface area contributed by atoms with Gasteiger partial charge in [-0.15, -0.1) is 0 Å². The smallest absolute Gasteiger partial charge is 0.276 e. The highest BCUT2D eigenvalue weighted by Crippen LogP contribution is 2.16. The number of carbonyl (C=O) groups excluding carboxylic acids is 1. The van der Waals surface area contributed by atoms with E-state index in [0.717, 1.165) is 0 Å². The van der Waals surface area contributed by atoms with E-state index >= 15 is 0 Å². The topological polar surface area (TPSA) is 62.7 Å². The fourth-order valence-corrected chi connectivity index (χ4v) is 1.48. The van der Waals surface area contributed by atoms with Gasteiger partial charge in [0.05, 0.1) is 6.61 Å². The number of aromatic hydroxyl groups is 1. The average molecular weight is 238 g/mol. The molecular weight excluding hydrogens is 220 g/mol. The Morgan fingerprint density at radius 3 is 2.82 bits per heavy atom. The molecular formula is C12H18N2O3. The first-order valence-electron chi connectivity index (χ1n) is 5.51. The summed E-state index contributed by atoms with van der Waals surface area (Å²) in [5.41, 5.74) is 0.0808. The van der Waals surface area contributed by atoms with Gasteiger partial charge in [0, 0.05) is 25.9 Å². The van der Waals surface area contributed by atoms with Crippen molar-refractivity contribution in [3.8, 4) is 5.75 Å². The van der Waals surface area contributed by atoms with Gasteiger partial charge in [0.15, 0.2) is 5.69 Å². The normalized spacial score (nSPS) is 10.6. The van der Waals surface area contributed by atoms with Crippen LogP contribution in [0.1, 0.15) is 24.3 Å². The average Bonchev–Trinajstić information content (AvgIpc) is 2.29. The second-order valence-electron chi connectivity index (χ2n) is 3.96. The molecule has 5 nitrogen and oxygen atoms in total. The second kappa shape index (κ2) is 6.20. The van der Waals surface area contributed by atoms with Gasteiger partial charge in [-0.05, 0) is 26.0 Å². The van der Waals surface area contributed by atoms with Crippen molar-refractivity contribution in [3.63, 3.8) is 0 Å². The molecule has 0 spiro atoms. The minimum atomic E-state index is -0.282. The van der Waals surface area contributed by atoms with Crippen LogP contribution in [-0.2, 0) is 4.74 Å². The van der Waals surface area contributed by atoms with Gasteiger partial charge in [0.1, 0.15) is 5.75 Å². The van der Waals surface area contributed by atoms with Crippen molar-refractivity contribution < 1.29 is 14.6 Å². The summed E-state index contributed by atoms with van der Waals surface area (Å²) >= 11 is 0. The molecule has 0 atom stereocenters. The zero-order chi connectivity index (χ0) is 12.8. The highest BCUT2D eigenvalue weighted by atomic mass is 16.5. The molecule has 0 aliphatic rings. The van der Waals surface area contributed by atoms with Gasteiger partial charge in [0.25, 0.3) is 5.91 Å². The number of ether oxygens (including phenoxy) is 1. The number of pyridine rings is 1. The van der Waals surface area contributed by atoms with Crippen LogP contribution < -0.4 is 0 Å². The lowest BCUT2D eigenvalue weighted by Crippen LogP contribution is -2.39. The lowest BCUT2D eigenvalue weighted by molar-refractivity contribution is 0.0626. The summed E-state index contributed by atoms with van der Waals surface area (Å²) in [4.78, 5) is 17.7. The van der Waals surface area contributed by atoms with Crippen LogP contribution in [0.3, 0.4) is 0 Å². The van der Waals surface area contributed by atoms with E-state index in [1.165, 1.54) is 12.3 Å². The number of hydrogen-bond acceptors (Lipinski definition) is 4. The maximum absolute atomic E-state index is 12.2. The predicted octanol–water partition coefficient (Wildman–Crippen LogP) is 1.28. The Balaban J connectivity index is 2.88. The molecule has 1 heterocycles. The molecule has 0 aromatic carbocycles. The predicted molar refractivity (Wildman–Crippen MR) is 64.0 cm³/mol. The lowest BCUT2D eigenvalue weighted by atomic mass is 10.2. The summed E-state index contributed by atoms with van der Waals surface area (Å²) in [6.45, 7) is 4.75. The highest BCUT2D eigenvalue weighted by molar-refractivity contribution is 5.94. The summed E-state index contributed by atoms with van der Waals surface area (Å²) < 4.78 is 4.96. The molecule has 0 unspecified atom stereocenters. The van der Waals surface area contributed by atoms with Crippen molar-refractivity contribution in [2.75, 3.05) is 20.3 Å². The fraction of sp³-hybridized carbons (Fsp3) is 0.500. The van der Waals surface area contributed by atoms with Crippen LogP contribution >= 0.6 is 0 Å². The van der Waals surface area contributed by atoms with Gasteiger partial charge in [-0.25, -0.2) is 4.98 Å². The largest absolute Gasteiger partial charge is 0.505 e. The second-order valence-corrected chi connectivity index (χ2v) is 3.96. The van der Waals surface area contributed by atoms with Crippen molar-refractivity contribution in [2.24, 2.45) is 0 Å². The molecule has 94 valence electrons. The molecule has 1 N–H and O–H groups in total. The number of hydrogen-bond donors (Lipinski definition) is 1. The van der Waals surface area contributed by atoms with Crippen molar-refractivity contribution in [1.82, 2.24) is 9.88 Å². The van der Waals surface area contributed by atoms with Gasteiger partial charge in [-0.1, -0.05) is 0 Å². The quantitative estimate of drug-likeness (QED) is 0.839. The molecule has 0 radical (unpaired) electrons. The zero-order valence-corrected chi connectivity index (χ0v) is 10.4. The molecule has 1 aromatic rings. The third-order valence-electron chi connectivity index (χ3n) is 2.41. The maximum Gasteiger partial charge on any atom is 0.276 e. The van der Waals surface area contributed by atoms with Gasteiger partial charge < -0.3 is 14.7 Å². The number of aromatic nitrogens is 1. The van der Waals surface area contributed by atoms with Crippen molar-refractivity contribution >= 4 is 5.91 Å². The van der Waals surface area contributed by atoms with E-state index in [9.17, 15) is 9.90 Å². The Morgan fingerprint density at radius 1 is 1.59 bits per heavy atom. The SMILES string of the molecule is COCCN(C(=O)c1ncccc1O)C(C)C.